The minimum absolute atomic E-state index is 0.177. The lowest BCUT2D eigenvalue weighted by molar-refractivity contribution is 0.403. The van der Waals surface area contributed by atoms with Crippen molar-refractivity contribution in [3.8, 4) is 5.75 Å². The van der Waals surface area contributed by atoms with Crippen LogP contribution in [0.25, 0.3) is 0 Å². The number of sulfonamides is 1. The zero-order valence-corrected chi connectivity index (χ0v) is 15.3. The van der Waals surface area contributed by atoms with Crippen molar-refractivity contribution in [2.75, 3.05) is 13.7 Å². The Labute approximate surface area is 142 Å². The lowest BCUT2D eigenvalue weighted by Crippen LogP contribution is -2.33. The van der Waals surface area contributed by atoms with Crippen LogP contribution in [0.1, 0.15) is 29.8 Å². The topological polar surface area (TPSA) is 73.2 Å². The first-order valence-electron chi connectivity index (χ1n) is 7.94. The molecule has 0 aliphatic heterocycles. The van der Waals surface area contributed by atoms with Crippen LogP contribution in [-0.4, -0.2) is 31.9 Å². The van der Waals surface area contributed by atoms with Crippen molar-refractivity contribution >= 4 is 10.0 Å². The van der Waals surface area contributed by atoms with Crippen molar-refractivity contribution in [2.45, 2.75) is 37.0 Å². The molecule has 1 saturated carbocycles. The van der Waals surface area contributed by atoms with E-state index in [1.54, 1.807) is 32.7 Å². The van der Waals surface area contributed by atoms with Gasteiger partial charge in [0.1, 0.15) is 10.6 Å². The zero-order chi connectivity index (χ0) is 17.5. The van der Waals surface area contributed by atoms with Crippen molar-refractivity contribution in [1.29, 1.82) is 0 Å². The Kier molecular flexibility index (Phi) is 4.17. The summed E-state index contributed by atoms with van der Waals surface area (Å²) in [6.07, 6.45) is 1.89. The molecule has 7 heteroatoms. The summed E-state index contributed by atoms with van der Waals surface area (Å²) in [4.78, 5) is 0.279. The Morgan fingerprint density at radius 1 is 1.29 bits per heavy atom. The number of benzene rings is 1. The third-order valence-electron chi connectivity index (χ3n) is 4.84. The monoisotopic (exact) mass is 349 g/mol. The molecule has 0 unspecified atom stereocenters. The van der Waals surface area contributed by atoms with Crippen molar-refractivity contribution in [3.05, 3.63) is 41.2 Å². The molecule has 0 radical (unpaired) electrons. The van der Waals surface area contributed by atoms with E-state index in [1.165, 1.54) is 0 Å². The molecular weight excluding hydrogens is 326 g/mol. The normalized spacial score (nSPS) is 16.2. The van der Waals surface area contributed by atoms with Crippen molar-refractivity contribution in [3.63, 3.8) is 0 Å². The van der Waals surface area contributed by atoms with Crippen LogP contribution in [0, 0.1) is 13.8 Å². The fourth-order valence-corrected chi connectivity index (χ4v) is 4.78. The fourth-order valence-electron chi connectivity index (χ4n) is 3.22. The van der Waals surface area contributed by atoms with Crippen molar-refractivity contribution in [1.82, 2.24) is 14.5 Å². The molecule has 1 aromatic heterocycles. The second-order valence-corrected chi connectivity index (χ2v) is 8.13. The van der Waals surface area contributed by atoms with E-state index >= 15 is 0 Å². The maximum Gasteiger partial charge on any atom is 0.244 e. The highest BCUT2D eigenvalue weighted by molar-refractivity contribution is 7.89. The largest absolute Gasteiger partial charge is 0.496 e. The van der Waals surface area contributed by atoms with E-state index in [9.17, 15) is 8.42 Å². The first-order chi connectivity index (χ1) is 11.3. The van der Waals surface area contributed by atoms with E-state index in [2.05, 4.69) is 9.82 Å². The standard InChI is InChI=1S/C17H23N3O3S/c1-12-16(13(2)20(3)19-12)24(21,22)18-11-17(9-10-17)14-7-5-6-8-15(14)23-4/h5-8,18H,9-11H2,1-4H3. The average molecular weight is 349 g/mol. The molecule has 1 fully saturated rings. The van der Waals surface area contributed by atoms with Crippen LogP contribution in [0.3, 0.4) is 0 Å². The van der Waals surface area contributed by atoms with Crippen LogP contribution < -0.4 is 9.46 Å². The smallest absolute Gasteiger partial charge is 0.244 e. The Bertz CT molecular complexity index is 867. The van der Waals surface area contributed by atoms with Gasteiger partial charge >= 0.3 is 0 Å². The number of aromatic nitrogens is 2. The van der Waals surface area contributed by atoms with Crippen molar-refractivity contribution < 1.29 is 13.2 Å². The number of aryl methyl sites for hydroxylation is 2. The first-order valence-corrected chi connectivity index (χ1v) is 9.42. The van der Waals surface area contributed by atoms with Crippen LogP contribution in [0.5, 0.6) is 5.75 Å². The van der Waals surface area contributed by atoms with Crippen LogP contribution in [0.2, 0.25) is 0 Å². The molecule has 0 atom stereocenters. The molecular formula is C17H23N3O3S. The summed E-state index contributed by atoms with van der Waals surface area (Å²) in [6.45, 7) is 3.85. The number of hydrogen-bond acceptors (Lipinski definition) is 4. The second kappa shape index (κ2) is 5.89. The third kappa shape index (κ3) is 2.82. The molecule has 2 aromatic rings. The van der Waals surface area contributed by atoms with E-state index in [1.807, 2.05) is 24.3 Å². The molecule has 1 aliphatic carbocycles. The van der Waals surface area contributed by atoms with E-state index in [4.69, 9.17) is 4.74 Å². The minimum Gasteiger partial charge on any atom is -0.496 e. The van der Waals surface area contributed by atoms with Gasteiger partial charge in [0.15, 0.2) is 0 Å². The summed E-state index contributed by atoms with van der Waals surface area (Å²) >= 11 is 0. The Hall–Kier alpha value is -1.86. The summed E-state index contributed by atoms with van der Waals surface area (Å²) in [6, 6.07) is 7.81. The summed E-state index contributed by atoms with van der Waals surface area (Å²) in [7, 11) is -0.207. The minimum atomic E-state index is -3.60. The third-order valence-corrected chi connectivity index (χ3v) is 6.50. The van der Waals surface area contributed by atoms with Crippen LogP contribution in [0.4, 0.5) is 0 Å². The van der Waals surface area contributed by atoms with Crippen molar-refractivity contribution in [2.24, 2.45) is 7.05 Å². The average Bonchev–Trinajstić information content (AvgIpc) is 3.28. The van der Waals surface area contributed by atoms with Gasteiger partial charge in [-0.05, 0) is 32.8 Å². The predicted molar refractivity (Wildman–Crippen MR) is 91.8 cm³/mol. The number of nitrogens with one attached hydrogen (secondary N) is 1. The molecule has 130 valence electrons. The van der Waals surface area contributed by atoms with E-state index in [-0.39, 0.29) is 10.3 Å². The molecule has 6 nitrogen and oxygen atoms in total. The highest BCUT2D eigenvalue weighted by atomic mass is 32.2. The van der Waals surface area contributed by atoms with E-state index < -0.39 is 10.0 Å². The molecule has 0 spiro atoms. The molecule has 0 bridgehead atoms. The molecule has 1 aromatic carbocycles. The predicted octanol–water partition coefficient (Wildman–Crippen LogP) is 2.06. The number of para-hydroxylation sites is 1. The van der Waals surface area contributed by atoms with Gasteiger partial charge in [-0.25, -0.2) is 13.1 Å². The van der Waals surface area contributed by atoms with Gasteiger partial charge in [0.25, 0.3) is 0 Å². The summed E-state index contributed by atoms with van der Waals surface area (Å²) in [5, 5.41) is 4.20. The Balaban J connectivity index is 1.85. The highest BCUT2D eigenvalue weighted by Gasteiger charge is 2.46. The number of hydrogen-bond donors (Lipinski definition) is 1. The molecule has 1 N–H and O–H groups in total. The fraction of sp³-hybridized carbons (Fsp3) is 0.471. The highest BCUT2D eigenvalue weighted by Crippen LogP contribution is 2.50. The van der Waals surface area contributed by atoms with E-state index in [0.717, 1.165) is 24.2 Å². The SMILES string of the molecule is COc1ccccc1C1(CNS(=O)(=O)c2c(C)nn(C)c2C)CC1. The number of nitrogens with zero attached hydrogens (tertiary/aromatic N) is 2. The molecule has 3 rings (SSSR count). The molecule has 24 heavy (non-hydrogen) atoms. The van der Waals surface area contributed by atoms with Gasteiger partial charge in [0.05, 0.1) is 18.5 Å². The van der Waals surface area contributed by atoms with Crippen LogP contribution in [0.15, 0.2) is 29.2 Å². The van der Waals surface area contributed by atoms with Crippen LogP contribution in [-0.2, 0) is 22.5 Å². The number of methoxy groups -OCH3 is 1. The van der Waals surface area contributed by atoms with Gasteiger partial charge in [-0.1, -0.05) is 18.2 Å². The maximum absolute atomic E-state index is 12.8. The number of ether oxygens (including phenoxy) is 1. The molecule has 0 saturated heterocycles. The maximum atomic E-state index is 12.8. The summed E-state index contributed by atoms with van der Waals surface area (Å²) < 4.78 is 35.3. The summed E-state index contributed by atoms with van der Waals surface area (Å²) in [5.74, 6) is 0.808. The zero-order valence-electron chi connectivity index (χ0n) is 14.5. The quantitative estimate of drug-likeness (QED) is 0.866. The van der Waals surface area contributed by atoms with Gasteiger partial charge in [-0.15, -0.1) is 0 Å². The van der Waals surface area contributed by atoms with Gasteiger partial charge < -0.3 is 4.74 Å². The van der Waals surface area contributed by atoms with E-state index in [0.29, 0.717) is 17.9 Å². The van der Waals surface area contributed by atoms with Gasteiger partial charge in [0, 0.05) is 24.6 Å². The van der Waals surface area contributed by atoms with Gasteiger partial charge in [0.2, 0.25) is 10.0 Å². The second-order valence-electron chi connectivity index (χ2n) is 6.43. The molecule has 1 aliphatic rings. The van der Waals surface area contributed by atoms with Gasteiger partial charge in [-0.3, -0.25) is 4.68 Å². The van der Waals surface area contributed by atoms with Crippen LogP contribution >= 0.6 is 0 Å². The van der Waals surface area contributed by atoms with Gasteiger partial charge in [-0.2, -0.15) is 5.10 Å². The lowest BCUT2D eigenvalue weighted by atomic mass is 9.95. The molecule has 0 amide bonds. The lowest BCUT2D eigenvalue weighted by Gasteiger charge is -2.19. The Morgan fingerprint density at radius 3 is 2.50 bits per heavy atom. The first kappa shape index (κ1) is 17.0. The number of rotatable bonds is 6. The molecule has 1 heterocycles. The summed E-state index contributed by atoms with van der Waals surface area (Å²) in [5.41, 5.74) is 2.05. The Morgan fingerprint density at radius 2 is 1.96 bits per heavy atom.